The quantitative estimate of drug-likeness (QED) is 0.787. The summed E-state index contributed by atoms with van der Waals surface area (Å²) in [5.74, 6) is -0.242. The number of aromatic hydroxyl groups is 1. The highest BCUT2D eigenvalue weighted by molar-refractivity contribution is 5.77. The zero-order valence-corrected chi connectivity index (χ0v) is 11.0. The number of benzene rings is 1. The monoisotopic (exact) mass is 265 g/mol. The molecule has 5 nitrogen and oxygen atoms in total. The summed E-state index contributed by atoms with van der Waals surface area (Å²) < 4.78 is 10.3. The summed E-state index contributed by atoms with van der Waals surface area (Å²) in [7, 11) is 1.35. The maximum Gasteiger partial charge on any atom is 0.327 e. The molecule has 2 unspecified atom stereocenters. The van der Waals surface area contributed by atoms with Crippen molar-refractivity contribution in [2.24, 2.45) is 0 Å². The van der Waals surface area contributed by atoms with Crippen LogP contribution in [0.5, 0.6) is 5.75 Å². The number of nitrogens with one attached hydrogen (secondary N) is 1. The Labute approximate surface area is 112 Å². The van der Waals surface area contributed by atoms with Crippen LogP contribution in [0.15, 0.2) is 24.3 Å². The van der Waals surface area contributed by atoms with Crippen LogP contribution in [0, 0.1) is 0 Å². The molecule has 5 heteroatoms. The number of methoxy groups -OCH3 is 1. The Morgan fingerprint density at radius 1 is 1.63 bits per heavy atom. The van der Waals surface area contributed by atoms with Crippen LogP contribution in [0.2, 0.25) is 0 Å². The Bertz CT molecular complexity index is 429. The number of esters is 1. The van der Waals surface area contributed by atoms with E-state index in [1.807, 2.05) is 0 Å². The molecule has 0 aromatic heterocycles. The van der Waals surface area contributed by atoms with Gasteiger partial charge < -0.3 is 14.6 Å². The van der Waals surface area contributed by atoms with Crippen LogP contribution in [0.3, 0.4) is 0 Å². The van der Waals surface area contributed by atoms with Crippen LogP contribution in [0.4, 0.5) is 0 Å². The molecule has 0 spiro atoms. The van der Waals surface area contributed by atoms with E-state index in [-0.39, 0.29) is 17.8 Å². The van der Waals surface area contributed by atoms with E-state index in [9.17, 15) is 9.90 Å². The van der Waals surface area contributed by atoms with Crippen LogP contribution in [-0.4, -0.2) is 37.4 Å². The average Bonchev–Trinajstić information content (AvgIpc) is 2.92. The van der Waals surface area contributed by atoms with Gasteiger partial charge in [-0.25, -0.2) is 4.79 Å². The second kappa shape index (κ2) is 6.54. The first-order valence-electron chi connectivity index (χ1n) is 6.42. The first-order chi connectivity index (χ1) is 9.20. The van der Waals surface area contributed by atoms with Crippen molar-refractivity contribution in [1.29, 1.82) is 0 Å². The molecule has 2 atom stereocenters. The fourth-order valence-electron chi connectivity index (χ4n) is 2.21. The van der Waals surface area contributed by atoms with Crippen molar-refractivity contribution in [2.75, 3.05) is 20.3 Å². The van der Waals surface area contributed by atoms with Crippen LogP contribution >= 0.6 is 0 Å². The maximum absolute atomic E-state index is 11.8. The molecule has 19 heavy (non-hydrogen) atoms. The minimum Gasteiger partial charge on any atom is -0.508 e. The standard InChI is InChI=1S/C14H19NO4/c1-18-14(17)13(10-4-2-5-11(16)8-10)15-9-12-6-3-7-19-12/h2,4-5,8,12-13,15-16H,3,6-7,9H2,1H3. The average molecular weight is 265 g/mol. The van der Waals surface area contributed by atoms with Gasteiger partial charge in [0.25, 0.3) is 0 Å². The molecule has 1 aromatic carbocycles. The summed E-state index contributed by atoms with van der Waals surface area (Å²) in [6.45, 7) is 1.37. The van der Waals surface area contributed by atoms with E-state index < -0.39 is 6.04 Å². The molecule has 1 heterocycles. The summed E-state index contributed by atoms with van der Waals surface area (Å²) in [6, 6.07) is 6.03. The van der Waals surface area contributed by atoms with Gasteiger partial charge in [-0.1, -0.05) is 12.1 Å². The van der Waals surface area contributed by atoms with Gasteiger partial charge in [-0.15, -0.1) is 0 Å². The maximum atomic E-state index is 11.8. The molecule has 0 aliphatic carbocycles. The Balaban J connectivity index is 2.04. The zero-order chi connectivity index (χ0) is 13.7. The van der Waals surface area contributed by atoms with Crippen LogP contribution in [0.25, 0.3) is 0 Å². The summed E-state index contributed by atoms with van der Waals surface area (Å²) in [4.78, 5) is 11.8. The number of ether oxygens (including phenoxy) is 2. The minimum absolute atomic E-state index is 0.130. The van der Waals surface area contributed by atoms with E-state index in [0.29, 0.717) is 12.1 Å². The third-order valence-corrected chi connectivity index (χ3v) is 3.21. The molecule has 1 fully saturated rings. The van der Waals surface area contributed by atoms with Gasteiger partial charge in [-0.3, -0.25) is 5.32 Å². The lowest BCUT2D eigenvalue weighted by molar-refractivity contribution is -0.143. The normalized spacial score (nSPS) is 20.2. The van der Waals surface area contributed by atoms with Gasteiger partial charge >= 0.3 is 5.97 Å². The Morgan fingerprint density at radius 2 is 2.47 bits per heavy atom. The number of phenols is 1. The van der Waals surface area contributed by atoms with Crippen molar-refractivity contribution >= 4 is 5.97 Å². The highest BCUT2D eigenvalue weighted by atomic mass is 16.5. The number of phenolic OH excluding ortho intramolecular Hbond substituents is 1. The van der Waals surface area contributed by atoms with E-state index in [1.165, 1.54) is 7.11 Å². The van der Waals surface area contributed by atoms with Gasteiger partial charge in [0.2, 0.25) is 0 Å². The second-order valence-corrected chi connectivity index (χ2v) is 4.59. The molecule has 2 rings (SSSR count). The van der Waals surface area contributed by atoms with E-state index in [2.05, 4.69) is 5.32 Å². The van der Waals surface area contributed by atoms with Crippen LogP contribution < -0.4 is 5.32 Å². The van der Waals surface area contributed by atoms with E-state index >= 15 is 0 Å². The van der Waals surface area contributed by atoms with Gasteiger partial charge in [0.15, 0.2) is 0 Å². The smallest absolute Gasteiger partial charge is 0.327 e. The second-order valence-electron chi connectivity index (χ2n) is 4.59. The summed E-state index contributed by atoms with van der Waals surface area (Å²) in [5, 5.41) is 12.6. The predicted molar refractivity (Wildman–Crippen MR) is 69.8 cm³/mol. The Kier molecular flexibility index (Phi) is 4.76. The molecular formula is C14H19NO4. The summed E-state index contributed by atoms with van der Waals surface area (Å²) >= 11 is 0. The van der Waals surface area contributed by atoms with E-state index in [4.69, 9.17) is 9.47 Å². The number of hydrogen-bond donors (Lipinski definition) is 2. The third kappa shape index (κ3) is 3.68. The molecule has 1 aliphatic heterocycles. The Morgan fingerprint density at radius 3 is 3.11 bits per heavy atom. The fourth-order valence-corrected chi connectivity index (χ4v) is 2.21. The lowest BCUT2D eigenvalue weighted by Gasteiger charge is -2.19. The molecule has 0 radical (unpaired) electrons. The molecule has 2 N–H and O–H groups in total. The van der Waals surface area contributed by atoms with E-state index in [1.54, 1.807) is 24.3 Å². The van der Waals surface area contributed by atoms with E-state index in [0.717, 1.165) is 19.4 Å². The summed E-state index contributed by atoms with van der Waals surface area (Å²) in [6.07, 6.45) is 2.20. The molecular weight excluding hydrogens is 246 g/mol. The predicted octanol–water partition coefficient (Wildman–Crippen LogP) is 1.37. The first kappa shape index (κ1) is 13.8. The van der Waals surface area contributed by atoms with Crippen molar-refractivity contribution in [3.63, 3.8) is 0 Å². The number of carbonyl (C=O) groups excluding carboxylic acids is 1. The van der Waals surface area contributed by atoms with Gasteiger partial charge in [0, 0.05) is 13.2 Å². The molecule has 104 valence electrons. The number of hydrogen-bond acceptors (Lipinski definition) is 5. The molecule has 0 bridgehead atoms. The first-order valence-corrected chi connectivity index (χ1v) is 6.42. The SMILES string of the molecule is COC(=O)C(NCC1CCCO1)c1cccc(O)c1. The topological polar surface area (TPSA) is 67.8 Å². The van der Waals surface area contributed by atoms with Crippen molar-refractivity contribution in [3.8, 4) is 5.75 Å². The van der Waals surface area contributed by atoms with Crippen molar-refractivity contribution in [1.82, 2.24) is 5.32 Å². The largest absolute Gasteiger partial charge is 0.508 e. The molecule has 1 aliphatic rings. The molecule has 0 amide bonds. The fraction of sp³-hybridized carbons (Fsp3) is 0.500. The lowest BCUT2D eigenvalue weighted by Crippen LogP contribution is -2.35. The number of rotatable bonds is 5. The van der Waals surface area contributed by atoms with Gasteiger partial charge in [0.1, 0.15) is 11.8 Å². The zero-order valence-electron chi connectivity index (χ0n) is 11.0. The van der Waals surface area contributed by atoms with Crippen molar-refractivity contribution in [2.45, 2.75) is 25.0 Å². The highest BCUT2D eigenvalue weighted by Gasteiger charge is 2.24. The van der Waals surface area contributed by atoms with Gasteiger partial charge in [-0.2, -0.15) is 0 Å². The molecule has 1 aromatic rings. The van der Waals surface area contributed by atoms with Gasteiger partial charge in [0.05, 0.1) is 13.2 Å². The van der Waals surface area contributed by atoms with Crippen LogP contribution in [-0.2, 0) is 14.3 Å². The number of carbonyl (C=O) groups is 1. The van der Waals surface area contributed by atoms with Crippen LogP contribution in [0.1, 0.15) is 24.4 Å². The van der Waals surface area contributed by atoms with Crippen molar-refractivity contribution < 1.29 is 19.4 Å². The third-order valence-electron chi connectivity index (χ3n) is 3.21. The van der Waals surface area contributed by atoms with Gasteiger partial charge in [-0.05, 0) is 30.5 Å². The highest BCUT2D eigenvalue weighted by Crippen LogP contribution is 2.20. The van der Waals surface area contributed by atoms with Crippen molar-refractivity contribution in [3.05, 3.63) is 29.8 Å². The minimum atomic E-state index is -0.582. The lowest BCUT2D eigenvalue weighted by atomic mass is 10.1. The molecule has 0 saturated carbocycles. The summed E-state index contributed by atoms with van der Waals surface area (Å²) in [5.41, 5.74) is 0.685. The Hall–Kier alpha value is -1.59. The molecule has 1 saturated heterocycles.